The number of hydrogen-bond acceptors (Lipinski definition) is 1. The fourth-order valence-electron chi connectivity index (χ4n) is 5.78. The Kier molecular flexibility index (Phi) is 4.06. The van der Waals surface area contributed by atoms with Crippen LogP contribution in [0, 0.1) is 17.3 Å². The summed E-state index contributed by atoms with van der Waals surface area (Å²) in [7, 11) is 0. The lowest BCUT2D eigenvalue weighted by atomic mass is 9.55. The van der Waals surface area contributed by atoms with Crippen molar-refractivity contribution in [3.63, 3.8) is 0 Å². The van der Waals surface area contributed by atoms with Crippen molar-refractivity contribution in [2.24, 2.45) is 17.3 Å². The van der Waals surface area contributed by atoms with Gasteiger partial charge in [0.15, 0.2) is 0 Å². The number of benzene rings is 1. The van der Waals surface area contributed by atoms with Gasteiger partial charge in [-0.25, -0.2) is 0 Å². The van der Waals surface area contributed by atoms with Crippen molar-refractivity contribution in [1.82, 2.24) is 0 Å². The first-order chi connectivity index (χ1) is 10.6. The summed E-state index contributed by atoms with van der Waals surface area (Å²) in [5.74, 6) is 2.38. The molecule has 0 unspecified atom stereocenters. The Hall–Kier alpha value is -0.980. The van der Waals surface area contributed by atoms with Crippen molar-refractivity contribution in [2.75, 3.05) is 0 Å². The predicted octanol–water partition coefficient (Wildman–Crippen LogP) is 6.18. The minimum absolute atomic E-state index is 0.208. The molecule has 1 heteroatoms. The predicted molar refractivity (Wildman–Crippen MR) is 98.2 cm³/mol. The zero-order valence-electron chi connectivity index (χ0n) is 15.9. The molecule has 1 nitrogen and oxygen atoms in total. The molecule has 1 saturated carbocycles. The van der Waals surface area contributed by atoms with E-state index in [4.69, 9.17) is 0 Å². The Morgan fingerprint density at radius 1 is 1.13 bits per heavy atom. The van der Waals surface area contributed by atoms with Crippen LogP contribution in [0.25, 0.3) is 0 Å². The van der Waals surface area contributed by atoms with Crippen molar-refractivity contribution >= 4 is 0 Å². The molecule has 1 fully saturated rings. The third-order valence-electron chi connectivity index (χ3n) is 6.96. The quantitative estimate of drug-likeness (QED) is 0.656. The average molecular weight is 315 g/mol. The summed E-state index contributed by atoms with van der Waals surface area (Å²) in [4.78, 5) is 0. The first-order valence-corrected chi connectivity index (χ1v) is 9.51. The minimum Gasteiger partial charge on any atom is -0.508 e. The molecule has 0 saturated heterocycles. The molecule has 23 heavy (non-hydrogen) atoms. The van der Waals surface area contributed by atoms with Gasteiger partial charge in [0.25, 0.3) is 0 Å². The molecule has 0 aliphatic heterocycles. The second-order valence-electron chi connectivity index (χ2n) is 9.57. The van der Waals surface area contributed by atoms with Gasteiger partial charge in [-0.2, -0.15) is 0 Å². The van der Waals surface area contributed by atoms with E-state index in [-0.39, 0.29) is 5.41 Å². The van der Waals surface area contributed by atoms with E-state index in [9.17, 15) is 5.11 Å². The second-order valence-corrected chi connectivity index (χ2v) is 9.57. The van der Waals surface area contributed by atoms with Crippen LogP contribution in [0.5, 0.6) is 5.75 Å². The van der Waals surface area contributed by atoms with E-state index in [0.29, 0.717) is 17.1 Å². The van der Waals surface area contributed by atoms with Gasteiger partial charge >= 0.3 is 0 Å². The van der Waals surface area contributed by atoms with Crippen LogP contribution in [-0.4, -0.2) is 5.11 Å². The Bertz CT molecular complexity index is 598. The Labute approximate surface area is 142 Å². The summed E-state index contributed by atoms with van der Waals surface area (Å²) >= 11 is 0. The van der Waals surface area contributed by atoms with Gasteiger partial charge in [0.2, 0.25) is 0 Å². The number of phenols is 1. The van der Waals surface area contributed by atoms with Crippen LogP contribution in [0.3, 0.4) is 0 Å². The summed E-state index contributed by atoms with van der Waals surface area (Å²) in [6.07, 6.45) is 6.40. The van der Waals surface area contributed by atoms with Crippen LogP contribution >= 0.6 is 0 Å². The Balaban J connectivity index is 2.15. The third-order valence-corrected chi connectivity index (χ3v) is 6.96. The standard InChI is InChI=1S/C22H34O/c1-14(2)17-11-16-7-8-20-21(4,5)10-9-15(3)13-22(20,6)18(16)12-19(17)23/h11-12,14-15,20,23H,7-10,13H2,1-6H3/t15-,20-,22+/m0/s1. The van der Waals surface area contributed by atoms with Gasteiger partial charge < -0.3 is 5.11 Å². The van der Waals surface area contributed by atoms with Crippen LogP contribution in [0.15, 0.2) is 12.1 Å². The van der Waals surface area contributed by atoms with Crippen LogP contribution in [0.1, 0.15) is 89.8 Å². The van der Waals surface area contributed by atoms with Crippen molar-refractivity contribution in [3.05, 3.63) is 28.8 Å². The molecule has 0 heterocycles. The molecule has 3 atom stereocenters. The Morgan fingerprint density at radius 3 is 2.48 bits per heavy atom. The smallest absolute Gasteiger partial charge is 0.119 e. The zero-order chi connectivity index (χ0) is 17.0. The van der Waals surface area contributed by atoms with Gasteiger partial charge in [-0.3, -0.25) is 0 Å². The molecule has 2 aliphatic rings. The van der Waals surface area contributed by atoms with Crippen molar-refractivity contribution in [1.29, 1.82) is 0 Å². The van der Waals surface area contributed by atoms with Gasteiger partial charge in [-0.15, -0.1) is 0 Å². The maximum atomic E-state index is 10.6. The number of fused-ring (bicyclic) bond motifs is 3. The van der Waals surface area contributed by atoms with E-state index in [0.717, 1.165) is 17.4 Å². The number of aryl methyl sites for hydroxylation is 1. The zero-order valence-corrected chi connectivity index (χ0v) is 15.9. The lowest BCUT2D eigenvalue weighted by Gasteiger charge is -2.49. The fraction of sp³-hybridized carbons (Fsp3) is 0.727. The molecular formula is C22H34O. The summed E-state index contributed by atoms with van der Waals surface area (Å²) in [6.45, 7) is 14.2. The molecule has 1 aromatic carbocycles. The molecule has 0 radical (unpaired) electrons. The molecular weight excluding hydrogens is 280 g/mol. The highest BCUT2D eigenvalue weighted by Crippen LogP contribution is 2.57. The largest absolute Gasteiger partial charge is 0.508 e. The summed E-state index contributed by atoms with van der Waals surface area (Å²) in [5.41, 5.74) is 4.66. The highest BCUT2D eigenvalue weighted by atomic mass is 16.3. The third kappa shape index (κ3) is 2.71. The Morgan fingerprint density at radius 2 is 1.83 bits per heavy atom. The minimum atomic E-state index is 0.208. The maximum absolute atomic E-state index is 10.6. The normalized spacial score (nSPS) is 33.0. The summed E-state index contributed by atoms with van der Waals surface area (Å²) in [5, 5.41) is 10.6. The molecule has 2 aliphatic carbocycles. The SMILES string of the molecule is CC(C)c1cc2c(cc1O)[C@@]1(C)C[C@@H](C)CCC(C)(C)[C@@H]1CC2. The van der Waals surface area contributed by atoms with Crippen molar-refractivity contribution < 1.29 is 5.11 Å². The average Bonchev–Trinajstić information content (AvgIpc) is 2.53. The van der Waals surface area contributed by atoms with E-state index in [1.54, 1.807) is 0 Å². The number of aromatic hydroxyl groups is 1. The van der Waals surface area contributed by atoms with E-state index < -0.39 is 0 Å². The fourth-order valence-corrected chi connectivity index (χ4v) is 5.78. The number of phenolic OH excluding ortho intramolecular Hbond substituents is 1. The molecule has 3 rings (SSSR count). The molecule has 0 bridgehead atoms. The van der Waals surface area contributed by atoms with Crippen LogP contribution in [0.4, 0.5) is 0 Å². The maximum Gasteiger partial charge on any atom is 0.119 e. The molecule has 0 aromatic heterocycles. The second kappa shape index (κ2) is 5.53. The molecule has 1 aromatic rings. The van der Waals surface area contributed by atoms with Gasteiger partial charge in [0.1, 0.15) is 5.75 Å². The van der Waals surface area contributed by atoms with E-state index in [1.165, 1.54) is 43.2 Å². The van der Waals surface area contributed by atoms with E-state index in [1.807, 2.05) is 0 Å². The van der Waals surface area contributed by atoms with Crippen LogP contribution in [-0.2, 0) is 11.8 Å². The first kappa shape index (κ1) is 16.9. The molecule has 0 amide bonds. The van der Waals surface area contributed by atoms with Gasteiger partial charge in [-0.1, -0.05) is 54.0 Å². The van der Waals surface area contributed by atoms with Gasteiger partial charge in [-0.05, 0) is 77.0 Å². The highest BCUT2D eigenvalue weighted by molar-refractivity contribution is 5.48. The van der Waals surface area contributed by atoms with Crippen LogP contribution < -0.4 is 0 Å². The monoisotopic (exact) mass is 314 g/mol. The lowest BCUT2D eigenvalue weighted by molar-refractivity contribution is 0.0990. The number of rotatable bonds is 1. The van der Waals surface area contributed by atoms with E-state index in [2.05, 4.69) is 53.7 Å². The summed E-state index contributed by atoms with van der Waals surface area (Å²) < 4.78 is 0. The van der Waals surface area contributed by atoms with Crippen LogP contribution in [0.2, 0.25) is 0 Å². The first-order valence-electron chi connectivity index (χ1n) is 9.51. The van der Waals surface area contributed by atoms with Crippen molar-refractivity contribution in [2.45, 2.75) is 85.0 Å². The molecule has 128 valence electrons. The van der Waals surface area contributed by atoms with E-state index >= 15 is 0 Å². The molecule has 0 spiro atoms. The van der Waals surface area contributed by atoms with Crippen molar-refractivity contribution in [3.8, 4) is 5.75 Å². The lowest BCUT2D eigenvalue weighted by Crippen LogP contribution is -2.44. The molecule has 1 N–H and O–H groups in total. The van der Waals surface area contributed by atoms with Gasteiger partial charge in [0.05, 0.1) is 0 Å². The topological polar surface area (TPSA) is 20.2 Å². The highest BCUT2D eigenvalue weighted by Gasteiger charge is 2.49. The van der Waals surface area contributed by atoms with Gasteiger partial charge in [0, 0.05) is 0 Å². The summed E-state index contributed by atoms with van der Waals surface area (Å²) in [6, 6.07) is 4.43. The number of hydrogen-bond donors (Lipinski definition) is 1.